The van der Waals surface area contributed by atoms with Crippen LogP contribution >= 0.6 is 23.2 Å². The maximum absolute atomic E-state index is 10.0. The topological polar surface area (TPSA) is 46.0 Å². The predicted molar refractivity (Wildman–Crippen MR) is 62.6 cm³/mol. The van der Waals surface area contributed by atoms with Gasteiger partial charge in [0.15, 0.2) is 0 Å². The van der Waals surface area contributed by atoms with E-state index in [1.165, 1.54) is 12.4 Å². The smallest absolute Gasteiger partial charge is 0.123 e. The van der Waals surface area contributed by atoms with E-state index < -0.39 is 6.10 Å². The van der Waals surface area contributed by atoms with Gasteiger partial charge in [-0.15, -0.1) is 0 Å². The van der Waals surface area contributed by atoms with Crippen LogP contribution in [0.2, 0.25) is 10.0 Å². The zero-order chi connectivity index (χ0) is 11.5. The van der Waals surface area contributed by atoms with E-state index >= 15 is 0 Å². The summed E-state index contributed by atoms with van der Waals surface area (Å²) in [6, 6.07) is 4.90. The van der Waals surface area contributed by atoms with Crippen molar-refractivity contribution in [2.75, 3.05) is 0 Å². The Morgan fingerprint density at radius 2 is 1.75 bits per heavy atom. The lowest BCUT2D eigenvalue weighted by molar-refractivity contribution is 0.215. The summed E-state index contributed by atoms with van der Waals surface area (Å²) in [6.07, 6.45) is 3.69. The Balaban J connectivity index is 2.37. The summed E-state index contributed by atoms with van der Waals surface area (Å²) in [5.74, 6) is 0. The largest absolute Gasteiger partial charge is 0.382 e. The zero-order valence-corrected chi connectivity index (χ0v) is 9.65. The van der Waals surface area contributed by atoms with Gasteiger partial charge in [0.05, 0.1) is 11.9 Å². The summed E-state index contributed by atoms with van der Waals surface area (Å²) in [5, 5.41) is 11.0. The van der Waals surface area contributed by atoms with Gasteiger partial charge in [0, 0.05) is 22.4 Å². The molecule has 0 spiro atoms. The van der Waals surface area contributed by atoms with E-state index in [2.05, 4.69) is 9.97 Å². The number of aromatic nitrogens is 2. The molecule has 1 aromatic carbocycles. The van der Waals surface area contributed by atoms with Gasteiger partial charge in [0.1, 0.15) is 6.10 Å². The molecule has 3 nitrogen and oxygen atoms in total. The van der Waals surface area contributed by atoms with E-state index in [-0.39, 0.29) is 0 Å². The molecule has 0 bridgehead atoms. The summed E-state index contributed by atoms with van der Waals surface area (Å²) < 4.78 is 0. The fourth-order valence-electron chi connectivity index (χ4n) is 1.36. The molecule has 0 aliphatic heterocycles. The minimum absolute atomic E-state index is 0.459. The van der Waals surface area contributed by atoms with E-state index in [4.69, 9.17) is 23.2 Å². The zero-order valence-electron chi connectivity index (χ0n) is 8.14. The maximum atomic E-state index is 10.0. The predicted octanol–water partition coefficient (Wildman–Crippen LogP) is 2.87. The molecular formula is C11H8Cl2N2O. The first-order valence-corrected chi connectivity index (χ1v) is 5.32. The SMILES string of the molecule is OC(c1cc(Cl)cc(Cl)c1)c1cnccn1. The van der Waals surface area contributed by atoms with Crippen molar-refractivity contribution in [3.8, 4) is 0 Å². The van der Waals surface area contributed by atoms with Gasteiger partial charge in [-0.2, -0.15) is 0 Å². The van der Waals surface area contributed by atoms with Crippen molar-refractivity contribution >= 4 is 23.2 Å². The highest BCUT2D eigenvalue weighted by Gasteiger charge is 2.13. The van der Waals surface area contributed by atoms with Crippen LogP contribution < -0.4 is 0 Å². The lowest BCUT2D eigenvalue weighted by Gasteiger charge is -2.10. The molecule has 82 valence electrons. The van der Waals surface area contributed by atoms with Gasteiger partial charge in [-0.05, 0) is 23.8 Å². The van der Waals surface area contributed by atoms with Crippen molar-refractivity contribution in [1.29, 1.82) is 0 Å². The third-order valence-corrected chi connectivity index (χ3v) is 2.50. The molecule has 1 atom stereocenters. The molecule has 0 aliphatic rings. The second kappa shape index (κ2) is 4.78. The molecule has 2 aromatic rings. The number of aliphatic hydroxyl groups excluding tert-OH is 1. The molecule has 1 N–H and O–H groups in total. The van der Waals surface area contributed by atoms with Gasteiger partial charge in [-0.1, -0.05) is 23.2 Å². The number of hydrogen-bond acceptors (Lipinski definition) is 3. The second-order valence-corrected chi connectivity index (χ2v) is 4.11. The summed E-state index contributed by atoms with van der Waals surface area (Å²) in [5.41, 5.74) is 1.05. The van der Waals surface area contributed by atoms with Crippen LogP contribution in [0.4, 0.5) is 0 Å². The summed E-state index contributed by atoms with van der Waals surface area (Å²) in [6.45, 7) is 0. The Morgan fingerprint density at radius 3 is 2.31 bits per heavy atom. The summed E-state index contributed by atoms with van der Waals surface area (Å²) in [4.78, 5) is 7.90. The Hall–Kier alpha value is -1.16. The molecule has 0 radical (unpaired) electrons. The molecule has 2 rings (SSSR count). The van der Waals surface area contributed by atoms with Crippen molar-refractivity contribution in [1.82, 2.24) is 9.97 Å². The van der Waals surface area contributed by atoms with Gasteiger partial charge in [0.2, 0.25) is 0 Å². The molecular weight excluding hydrogens is 247 g/mol. The van der Waals surface area contributed by atoms with Crippen molar-refractivity contribution in [2.24, 2.45) is 0 Å². The third-order valence-electron chi connectivity index (χ3n) is 2.06. The van der Waals surface area contributed by atoms with Crippen molar-refractivity contribution in [3.05, 3.63) is 58.1 Å². The first-order valence-electron chi connectivity index (χ1n) is 4.57. The molecule has 5 heteroatoms. The van der Waals surface area contributed by atoms with E-state index in [1.54, 1.807) is 24.4 Å². The number of halogens is 2. The Bertz CT molecular complexity index is 470. The molecule has 0 fully saturated rings. The van der Waals surface area contributed by atoms with E-state index in [9.17, 15) is 5.11 Å². The van der Waals surface area contributed by atoms with Gasteiger partial charge in [-0.25, -0.2) is 0 Å². The van der Waals surface area contributed by atoms with Crippen LogP contribution in [0.25, 0.3) is 0 Å². The van der Waals surface area contributed by atoms with Gasteiger partial charge in [-0.3, -0.25) is 9.97 Å². The number of nitrogens with zero attached hydrogens (tertiary/aromatic N) is 2. The van der Waals surface area contributed by atoms with Crippen molar-refractivity contribution in [3.63, 3.8) is 0 Å². The minimum Gasteiger partial charge on any atom is -0.382 e. The Kier molecular flexibility index (Phi) is 3.39. The van der Waals surface area contributed by atoms with Crippen molar-refractivity contribution in [2.45, 2.75) is 6.10 Å². The normalized spacial score (nSPS) is 12.4. The van der Waals surface area contributed by atoms with E-state index in [0.29, 0.717) is 21.3 Å². The molecule has 0 saturated carbocycles. The summed E-state index contributed by atoms with van der Waals surface area (Å²) >= 11 is 11.7. The summed E-state index contributed by atoms with van der Waals surface area (Å²) in [7, 11) is 0. The first kappa shape index (κ1) is 11.3. The van der Waals surface area contributed by atoms with Crippen molar-refractivity contribution < 1.29 is 5.11 Å². The molecule has 0 aliphatic carbocycles. The number of hydrogen-bond donors (Lipinski definition) is 1. The van der Waals surface area contributed by atoms with Gasteiger partial charge >= 0.3 is 0 Å². The van der Waals surface area contributed by atoms with Crippen LogP contribution in [0.1, 0.15) is 17.4 Å². The van der Waals surface area contributed by atoms with Gasteiger partial charge < -0.3 is 5.11 Å². The van der Waals surface area contributed by atoms with E-state index in [1.807, 2.05) is 0 Å². The average Bonchev–Trinajstić information content (AvgIpc) is 2.28. The molecule has 1 aromatic heterocycles. The fraction of sp³-hybridized carbons (Fsp3) is 0.0909. The average molecular weight is 255 g/mol. The monoisotopic (exact) mass is 254 g/mol. The maximum Gasteiger partial charge on any atom is 0.123 e. The second-order valence-electron chi connectivity index (χ2n) is 3.24. The highest BCUT2D eigenvalue weighted by molar-refractivity contribution is 6.34. The molecule has 16 heavy (non-hydrogen) atoms. The van der Waals surface area contributed by atoms with Crippen LogP contribution in [0.3, 0.4) is 0 Å². The molecule has 0 saturated heterocycles. The lowest BCUT2D eigenvalue weighted by Crippen LogP contribution is -2.02. The highest BCUT2D eigenvalue weighted by Crippen LogP contribution is 2.26. The third kappa shape index (κ3) is 2.50. The molecule has 0 amide bonds. The standard InChI is InChI=1S/C11H8Cl2N2O/c12-8-3-7(4-9(13)5-8)11(16)10-6-14-1-2-15-10/h1-6,11,16H. The lowest BCUT2D eigenvalue weighted by atomic mass is 10.1. The van der Waals surface area contributed by atoms with Crippen LogP contribution in [0.15, 0.2) is 36.8 Å². The number of benzene rings is 1. The fourth-order valence-corrected chi connectivity index (χ4v) is 1.90. The first-order chi connectivity index (χ1) is 7.66. The number of rotatable bonds is 2. The highest BCUT2D eigenvalue weighted by atomic mass is 35.5. The molecule has 1 heterocycles. The minimum atomic E-state index is -0.870. The quantitative estimate of drug-likeness (QED) is 0.897. The Labute approximate surface area is 103 Å². The van der Waals surface area contributed by atoms with Gasteiger partial charge in [0.25, 0.3) is 0 Å². The Morgan fingerprint density at radius 1 is 1.06 bits per heavy atom. The van der Waals surface area contributed by atoms with Crippen LogP contribution in [-0.4, -0.2) is 15.1 Å². The van der Waals surface area contributed by atoms with E-state index in [0.717, 1.165) is 0 Å². The van der Waals surface area contributed by atoms with Crippen LogP contribution in [-0.2, 0) is 0 Å². The van der Waals surface area contributed by atoms with Crippen LogP contribution in [0, 0.1) is 0 Å². The van der Waals surface area contributed by atoms with Crippen LogP contribution in [0.5, 0.6) is 0 Å². The molecule has 1 unspecified atom stereocenters. The number of aliphatic hydroxyl groups is 1.